The second-order valence-electron chi connectivity index (χ2n) is 5.43. The fourth-order valence-electron chi connectivity index (χ4n) is 2.66. The van der Waals surface area contributed by atoms with Gasteiger partial charge in [-0.05, 0) is 19.4 Å². The average Bonchev–Trinajstić information content (AvgIpc) is 3.16. The molecule has 1 saturated heterocycles. The molecule has 2 aromatic rings. The topological polar surface area (TPSA) is 63.9 Å². The third kappa shape index (κ3) is 3.26. The minimum absolute atomic E-state index is 0.193. The number of carbonyl (C=O) groups is 1. The standard InChI is InChI=1S/C15H19N5O/c1-12-2-5-17-15(18-12)13-3-8-20(10-13)14(21)4-7-19-9-6-16-11-19/h2,5-6,9,11,13H,3-4,7-8,10H2,1H3. The zero-order valence-corrected chi connectivity index (χ0v) is 12.1. The molecule has 3 heterocycles. The molecule has 1 unspecified atom stereocenters. The summed E-state index contributed by atoms with van der Waals surface area (Å²) < 4.78 is 1.93. The van der Waals surface area contributed by atoms with Crippen LogP contribution >= 0.6 is 0 Å². The number of aromatic nitrogens is 4. The molecule has 6 heteroatoms. The van der Waals surface area contributed by atoms with Crippen LogP contribution < -0.4 is 0 Å². The van der Waals surface area contributed by atoms with Gasteiger partial charge >= 0.3 is 0 Å². The van der Waals surface area contributed by atoms with Crippen LogP contribution in [-0.2, 0) is 11.3 Å². The van der Waals surface area contributed by atoms with Crippen LogP contribution in [0.1, 0.15) is 30.3 Å². The molecule has 0 aliphatic carbocycles. The molecule has 1 aliphatic rings. The first-order valence-electron chi connectivity index (χ1n) is 7.25. The fraction of sp³-hybridized carbons (Fsp3) is 0.467. The summed E-state index contributed by atoms with van der Waals surface area (Å²) in [5, 5.41) is 0. The molecular formula is C15H19N5O. The van der Waals surface area contributed by atoms with E-state index in [1.165, 1.54) is 0 Å². The number of hydrogen-bond acceptors (Lipinski definition) is 4. The summed E-state index contributed by atoms with van der Waals surface area (Å²) in [6.45, 7) is 4.17. The smallest absolute Gasteiger partial charge is 0.224 e. The van der Waals surface area contributed by atoms with Crippen LogP contribution in [0.2, 0.25) is 0 Å². The number of imidazole rings is 1. The van der Waals surface area contributed by atoms with Gasteiger partial charge in [-0.3, -0.25) is 4.79 Å². The fourth-order valence-corrected chi connectivity index (χ4v) is 2.66. The Morgan fingerprint density at radius 1 is 1.43 bits per heavy atom. The van der Waals surface area contributed by atoms with Crippen LogP contribution in [0.4, 0.5) is 0 Å². The second-order valence-corrected chi connectivity index (χ2v) is 5.43. The first-order valence-corrected chi connectivity index (χ1v) is 7.25. The molecule has 21 heavy (non-hydrogen) atoms. The molecule has 0 bridgehead atoms. The minimum atomic E-state index is 0.193. The number of hydrogen-bond donors (Lipinski definition) is 0. The molecule has 1 amide bonds. The van der Waals surface area contributed by atoms with Crippen molar-refractivity contribution in [1.82, 2.24) is 24.4 Å². The SMILES string of the molecule is Cc1ccnc(C2CCN(C(=O)CCn3ccnc3)C2)n1. The Labute approximate surface area is 123 Å². The average molecular weight is 285 g/mol. The number of aryl methyl sites for hydroxylation is 2. The normalized spacial score (nSPS) is 18.1. The molecular weight excluding hydrogens is 266 g/mol. The molecule has 3 rings (SSSR count). The second kappa shape index (κ2) is 6.03. The van der Waals surface area contributed by atoms with Crippen LogP contribution in [0.15, 0.2) is 31.0 Å². The highest BCUT2D eigenvalue weighted by molar-refractivity contribution is 5.76. The molecule has 1 aliphatic heterocycles. The van der Waals surface area contributed by atoms with Gasteiger partial charge in [-0.25, -0.2) is 15.0 Å². The summed E-state index contributed by atoms with van der Waals surface area (Å²) in [6.07, 6.45) is 8.59. The lowest BCUT2D eigenvalue weighted by Gasteiger charge is -2.16. The van der Waals surface area contributed by atoms with Crippen molar-refractivity contribution >= 4 is 5.91 Å². The zero-order chi connectivity index (χ0) is 14.7. The zero-order valence-electron chi connectivity index (χ0n) is 12.1. The van der Waals surface area contributed by atoms with Gasteiger partial charge in [0.25, 0.3) is 0 Å². The predicted octanol–water partition coefficient (Wildman–Crippen LogP) is 1.39. The molecule has 0 aromatic carbocycles. The molecule has 0 radical (unpaired) electrons. The highest BCUT2D eigenvalue weighted by Gasteiger charge is 2.28. The van der Waals surface area contributed by atoms with Crippen LogP contribution in [0.3, 0.4) is 0 Å². The number of rotatable bonds is 4. The quantitative estimate of drug-likeness (QED) is 0.851. The Morgan fingerprint density at radius 3 is 3.10 bits per heavy atom. The molecule has 2 aromatic heterocycles. The van der Waals surface area contributed by atoms with Gasteiger partial charge < -0.3 is 9.47 Å². The highest BCUT2D eigenvalue weighted by Crippen LogP contribution is 2.25. The van der Waals surface area contributed by atoms with E-state index in [9.17, 15) is 4.79 Å². The number of amides is 1. The van der Waals surface area contributed by atoms with Crippen molar-refractivity contribution in [2.75, 3.05) is 13.1 Å². The van der Waals surface area contributed by atoms with E-state index in [0.717, 1.165) is 31.0 Å². The van der Waals surface area contributed by atoms with Gasteiger partial charge in [0.1, 0.15) is 5.82 Å². The Balaban J connectivity index is 1.55. The Kier molecular flexibility index (Phi) is 3.94. The molecule has 0 N–H and O–H groups in total. The minimum Gasteiger partial charge on any atom is -0.342 e. The van der Waals surface area contributed by atoms with Crippen molar-refractivity contribution in [3.05, 3.63) is 42.5 Å². The van der Waals surface area contributed by atoms with E-state index in [2.05, 4.69) is 15.0 Å². The summed E-state index contributed by atoms with van der Waals surface area (Å²) in [7, 11) is 0. The summed E-state index contributed by atoms with van der Waals surface area (Å²) in [4.78, 5) is 27.0. The van der Waals surface area contributed by atoms with Crippen molar-refractivity contribution in [2.45, 2.75) is 32.2 Å². The summed E-state index contributed by atoms with van der Waals surface area (Å²) in [5.74, 6) is 1.32. The van der Waals surface area contributed by atoms with E-state index >= 15 is 0 Å². The van der Waals surface area contributed by atoms with E-state index in [1.54, 1.807) is 18.7 Å². The predicted molar refractivity (Wildman–Crippen MR) is 77.6 cm³/mol. The third-order valence-corrected chi connectivity index (χ3v) is 3.86. The lowest BCUT2D eigenvalue weighted by atomic mass is 10.1. The highest BCUT2D eigenvalue weighted by atomic mass is 16.2. The molecule has 0 saturated carbocycles. The Bertz CT molecular complexity index is 610. The van der Waals surface area contributed by atoms with E-state index in [0.29, 0.717) is 13.0 Å². The van der Waals surface area contributed by atoms with Crippen molar-refractivity contribution in [1.29, 1.82) is 0 Å². The van der Waals surface area contributed by atoms with E-state index in [1.807, 2.05) is 28.7 Å². The number of nitrogens with zero attached hydrogens (tertiary/aromatic N) is 5. The van der Waals surface area contributed by atoms with Crippen LogP contribution in [-0.4, -0.2) is 43.4 Å². The summed E-state index contributed by atoms with van der Waals surface area (Å²) in [5.41, 5.74) is 0.977. The molecule has 1 fully saturated rings. The van der Waals surface area contributed by atoms with Gasteiger partial charge in [0.2, 0.25) is 5.91 Å². The maximum atomic E-state index is 12.2. The largest absolute Gasteiger partial charge is 0.342 e. The first kappa shape index (κ1) is 13.7. The summed E-state index contributed by atoms with van der Waals surface area (Å²) >= 11 is 0. The van der Waals surface area contributed by atoms with Crippen molar-refractivity contribution < 1.29 is 4.79 Å². The Hall–Kier alpha value is -2.24. The van der Waals surface area contributed by atoms with Gasteiger partial charge in [-0.2, -0.15) is 0 Å². The monoisotopic (exact) mass is 285 g/mol. The third-order valence-electron chi connectivity index (χ3n) is 3.86. The number of carbonyl (C=O) groups excluding carboxylic acids is 1. The summed E-state index contributed by atoms with van der Waals surface area (Å²) in [6, 6.07) is 1.90. The maximum Gasteiger partial charge on any atom is 0.224 e. The van der Waals surface area contributed by atoms with Crippen LogP contribution in [0, 0.1) is 6.92 Å². The van der Waals surface area contributed by atoms with Gasteiger partial charge in [0.05, 0.1) is 6.33 Å². The van der Waals surface area contributed by atoms with Crippen molar-refractivity contribution in [3.8, 4) is 0 Å². The lowest BCUT2D eigenvalue weighted by molar-refractivity contribution is -0.130. The van der Waals surface area contributed by atoms with E-state index < -0.39 is 0 Å². The van der Waals surface area contributed by atoms with Crippen LogP contribution in [0.5, 0.6) is 0 Å². The first-order chi connectivity index (χ1) is 10.2. The molecule has 110 valence electrons. The van der Waals surface area contributed by atoms with Crippen LogP contribution in [0.25, 0.3) is 0 Å². The Morgan fingerprint density at radius 2 is 2.33 bits per heavy atom. The van der Waals surface area contributed by atoms with Gasteiger partial charge in [-0.15, -0.1) is 0 Å². The van der Waals surface area contributed by atoms with Crippen molar-refractivity contribution in [2.24, 2.45) is 0 Å². The van der Waals surface area contributed by atoms with Gasteiger partial charge in [0, 0.05) is 56.3 Å². The van der Waals surface area contributed by atoms with E-state index in [4.69, 9.17) is 0 Å². The molecule has 0 spiro atoms. The van der Waals surface area contributed by atoms with Gasteiger partial charge in [0.15, 0.2) is 0 Å². The van der Waals surface area contributed by atoms with Gasteiger partial charge in [-0.1, -0.05) is 0 Å². The maximum absolute atomic E-state index is 12.2. The molecule has 1 atom stereocenters. The van der Waals surface area contributed by atoms with E-state index in [-0.39, 0.29) is 11.8 Å². The lowest BCUT2D eigenvalue weighted by Crippen LogP contribution is -2.29. The molecule has 6 nitrogen and oxygen atoms in total. The number of likely N-dealkylation sites (tertiary alicyclic amines) is 1. The van der Waals surface area contributed by atoms with Crippen molar-refractivity contribution in [3.63, 3.8) is 0 Å².